The fourth-order valence-corrected chi connectivity index (χ4v) is 2.42. The van der Waals surface area contributed by atoms with Crippen molar-refractivity contribution < 1.29 is 53.4 Å². The highest BCUT2D eigenvalue weighted by molar-refractivity contribution is 5.77. The zero-order chi connectivity index (χ0) is 51.2. The number of nitrogens with one attached hydrogen (secondary N) is 2. The van der Waals surface area contributed by atoms with Crippen molar-refractivity contribution in [2.45, 2.75) is 120 Å². The third-order valence-electron chi connectivity index (χ3n) is 5.03. The number of nitro benzene ring substituents is 1. The minimum absolute atomic E-state index is 0.0159. The molecule has 0 saturated heterocycles. The zero-order valence-electron chi connectivity index (χ0n) is 39.5. The molecule has 0 aliphatic rings. The van der Waals surface area contributed by atoms with Crippen LogP contribution in [-0.2, 0) is 44.9 Å². The molecule has 0 heterocycles. The lowest BCUT2D eigenvalue weighted by atomic mass is 10.1. The standard InChI is InChI=1S/C8H11NO.C8H18O.C6H5NO3.C6H12O.C3H6N2O2.C3H9N.2C2H6.3CH3NO.CH2O/c1-9-8-4-2-7(6-10)3-5-8;1-5-6-7-9-8(2,3)4;8-6-3-1-5(2-4-6)7(9)10;1-6(2)4-3-5-7;4-3(7)1-5-2-6;1-2-3-4;2*1-2;3*2-1-3;1-2/h2-5,9-10H,6H2,1H3;5-7H2,1-4H3;1-4,8H;5-6H,3-4H2,1-2H3;2H,1H2,(H2,4,7)(H,5,6);2-4H2,1H3;2*1-2H3;3*1H,(H2,2,3);1H2. The van der Waals surface area contributed by atoms with Crippen molar-refractivity contribution in [2.75, 3.05) is 32.1 Å². The SMILES string of the molecule is C=O.CC.CC.CC(C)CCC=O.CCCCOC(C)(C)C.CCCN.CNc1ccc(CO)cc1.NC(=O)CNC=O.NC=O.NC=O.NC=O.O=[N+]([O-])c1ccc(O)cc1. The summed E-state index contributed by atoms with van der Waals surface area (Å²) in [4.78, 5) is 72.1. The van der Waals surface area contributed by atoms with E-state index >= 15 is 0 Å². The molecule has 62 heavy (non-hydrogen) atoms. The van der Waals surface area contributed by atoms with E-state index in [9.17, 15) is 24.5 Å². The highest BCUT2D eigenvalue weighted by atomic mass is 16.6. The number of nitrogens with two attached hydrogens (primary N) is 5. The molecule has 0 aromatic heterocycles. The van der Waals surface area contributed by atoms with Crippen molar-refractivity contribution >= 4 is 56.0 Å². The molecule has 14 N–H and O–H groups in total. The number of nitro groups is 1. The number of benzene rings is 2. The quantitative estimate of drug-likeness (QED) is 0.0579. The lowest BCUT2D eigenvalue weighted by molar-refractivity contribution is -0.384. The normalized spacial score (nSPS) is 7.98. The summed E-state index contributed by atoms with van der Waals surface area (Å²) >= 11 is 0. The van der Waals surface area contributed by atoms with Crippen molar-refractivity contribution in [3.63, 3.8) is 0 Å². The number of phenols is 1. The van der Waals surface area contributed by atoms with Gasteiger partial charge in [0, 0.05) is 37.9 Å². The molecule has 0 spiro atoms. The van der Waals surface area contributed by atoms with Crippen molar-refractivity contribution in [2.24, 2.45) is 34.6 Å². The molecule has 20 nitrogen and oxygen atoms in total. The van der Waals surface area contributed by atoms with Crippen molar-refractivity contribution in [3.05, 3.63) is 64.2 Å². The Labute approximate surface area is 371 Å². The van der Waals surface area contributed by atoms with Gasteiger partial charge in [-0.1, -0.05) is 73.9 Å². The Morgan fingerprint density at radius 3 is 1.48 bits per heavy atom. The number of hydrogen-bond donors (Lipinski definition) is 9. The summed E-state index contributed by atoms with van der Waals surface area (Å²) in [6.07, 6.45) is 7.39. The Morgan fingerprint density at radius 1 is 0.871 bits per heavy atom. The number of rotatable bonds is 13. The lowest BCUT2D eigenvalue weighted by Crippen LogP contribution is -2.27. The van der Waals surface area contributed by atoms with E-state index in [1.165, 1.54) is 37.1 Å². The van der Waals surface area contributed by atoms with Crippen LogP contribution < -0.4 is 39.3 Å². The van der Waals surface area contributed by atoms with E-state index in [0.29, 0.717) is 12.3 Å². The number of aldehydes is 1. The molecule has 0 atom stereocenters. The van der Waals surface area contributed by atoms with Crippen LogP contribution in [0.15, 0.2) is 48.5 Å². The maximum atomic E-state index is 10.0. The first kappa shape index (κ1) is 80.1. The minimum Gasteiger partial charge on any atom is -0.508 e. The van der Waals surface area contributed by atoms with Gasteiger partial charge in [0.2, 0.25) is 31.5 Å². The Morgan fingerprint density at radius 2 is 1.27 bits per heavy atom. The summed E-state index contributed by atoms with van der Waals surface area (Å²) in [5.41, 5.74) is 24.2. The van der Waals surface area contributed by atoms with Crippen LogP contribution in [0.25, 0.3) is 0 Å². The monoisotopic (exact) mass is 893 g/mol. The van der Waals surface area contributed by atoms with Gasteiger partial charge in [0.1, 0.15) is 18.8 Å². The molecule has 5 amide bonds. The van der Waals surface area contributed by atoms with Gasteiger partial charge >= 0.3 is 0 Å². The first-order valence-corrected chi connectivity index (χ1v) is 19.6. The maximum absolute atomic E-state index is 10.0. The minimum atomic E-state index is -0.535. The summed E-state index contributed by atoms with van der Waals surface area (Å²) in [5.74, 6) is 0.169. The third-order valence-corrected chi connectivity index (χ3v) is 5.03. The second kappa shape index (κ2) is 75.8. The number of primary amides is 4. The molecule has 0 bridgehead atoms. The average molecular weight is 893 g/mol. The number of carbonyl (C=O) groups excluding carboxylic acids is 7. The van der Waals surface area contributed by atoms with E-state index in [1.807, 2.05) is 65.8 Å². The molecule has 0 unspecified atom stereocenters. The van der Waals surface area contributed by atoms with Crippen LogP contribution in [0.1, 0.15) is 114 Å². The number of aliphatic hydroxyl groups excluding tert-OH is 1. The van der Waals surface area contributed by atoms with Crippen LogP contribution in [0, 0.1) is 16.0 Å². The predicted octanol–water partition coefficient (Wildman–Crippen LogP) is 4.49. The number of aromatic hydroxyl groups is 1. The van der Waals surface area contributed by atoms with E-state index in [0.717, 1.165) is 50.0 Å². The summed E-state index contributed by atoms with van der Waals surface area (Å²) in [5, 5.41) is 32.5. The number of non-ortho nitro benzene ring substituents is 1. The molecule has 0 aliphatic heterocycles. The molecule has 2 aromatic carbocycles. The third kappa shape index (κ3) is 111. The second-order valence-corrected chi connectivity index (χ2v) is 11.5. The van der Waals surface area contributed by atoms with Crippen LogP contribution in [0.2, 0.25) is 0 Å². The maximum Gasteiger partial charge on any atom is 0.269 e. The largest absolute Gasteiger partial charge is 0.508 e. The van der Waals surface area contributed by atoms with Gasteiger partial charge in [0.25, 0.3) is 5.69 Å². The van der Waals surface area contributed by atoms with Crippen molar-refractivity contribution in [1.82, 2.24) is 5.32 Å². The number of carbonyl (C=O) groups is 7. The number of ether oxygens (including phenoxy) is 1. The van der Waals surface area contributed by atoms with Gasteiger partial charge in [-0.25, -0.2) is 0 Å². The number of phenolic OH excluding ortho intramolecular Hbond substituents is 1. The van der Waals surface area contributed by atoms with Gasteiger partial charge in [-0.2, -0.15) is 0 Å². The summed E-state index contributed by atoms with van der Waals surface area (Å²) in [6.45, 7) is 26.5. The van der Waals surface area contributed by atoms with Gasteiger partial charge < -0.3 is 63.8 Å². The summed E-state index contributed by atoms with van der Waals surface area (Å²) in [6, 6.07) is 12.7. The number of unbranched alkanes of at least 4 members (excludes halogenated alkanes) is 1. The molecule has 20 heteroatoms. The average Bonchev–Trinajstić information content (AvgIpc) is 3.26. The van der Waals surface area contributed by atoms with Gasteiger partial charge in [0.15, 0.2) is 0 Å². The van der Waals surface area contributed by atoms with Crippen LogP contribution in [-0.4, -0.2) is 92.1 Å². The van der Waals surface area contributed by atoms with Gasteiger partial charge in [-0.15, -0.1) is 0 Å². The van der Waals surface area contributed by atoms with Gasteiger partial charge in [0.05, 0.1) is 23.7 Å². The number of amides is 5. The highest BCUT2D eigenvalue weighted by Gasteiger charge is 2.08. The predicted molar refractivity (Wildman–Crippen MR) is 251 cm³/mol. The summed E-state index contributed by atoms with van der Waals surface area (Å²) < 4.78 is 5.47. The Kier molecular flexibility index (Phi) is 97.9. The lowest BCUT2D eigenvalue weighted by Gasteiger charge is -2.18. The Hall–Kier alpha value is -5.99. The van der Waals surface area contributed by atoms with Crippen molar-refractivity contribution in [3.8, 4) is 5.75 Å². The van der Waals surface area contributed by atoms with Crippen LogP contribution in [0.3, 0.4) is 0 Å². The van der Waals surface area contributed by atoms with Gasteiger partial charge in [-0.3, -0.25) is 34.1 Å². The van der Waals surface area contributed by atoms with E-state index in [4.69, 9.17) is 39.9 Å². The number of anilines is 1. The van der Waals surface area contributed by atoms with E-state index in [2.05, 4.69) is 82.0 Å². The first-order chi connectivity index (χ1) is 29.3. The van der Waals surface area contributed by atoms with Gasteiger partial charge in [-0.05, 0) is 82.3 Å². The zero-order valence-corrected chi connectivity index (χ0v) is 39.5. The molecular weight excluding hydrogens is 809 g/mol. The highest BCUT2D eigenvalue weighted by Crippen LogP contribution is 2.15. The van der Waals surface area contributed by atoms with Crippen molar-refractivity contribution in [1.29, 1.82) is 0 Å². The number of nitrogens with zero attached hydrogens (tertiary/aromatic N) is 1. The Balaban J connectivity index is -0.0000000622. The van der Waals surface area contributed by atoms with E-state index in [-0.39, 0.29) is 49.4 Å². The molecule has 0 radical (unpaired) electrons. The molecule has 364 valence electrons. The van der Waals surface area contributed by atoms with E-state index < -0.39 is 10.8 Å². The Bertz CT molecular complexity index is 1150. The molecule has 2 rings (SSSR count). The first-order valence-electron chi connectivity index (χ1n) is 19.6. The number of aliphatic hydroxyl groups is 1. The number of hydrogen-bond acceptors (Lipinski definition) is 14. The van der Waals surface area contributed by atoms with Crippen LogP contribution in [0.4, 0.5) is 11.4 Å². The van der Waals surface area contributed by atoms with Crippen LogP contribution in [0.5, 0.6) is 5.75 Å². The molecule has 2 aromatic rings. The molecule has 0 aliphatic carbocycles. The fraction of sp³-hybridized carbons (Fsp3) is 0.548. The fourth-order valence-electron chi connectivity index (χ4n) is 2.42. The molecule has 0 fully saturated rings. The second-order valence-electron chi connectivity index (χ2n) is 11.5. The summed E-state index contributed by atoms with van der Waals surface area (Å²) in [7, 11) is 1.87. The van der Waals surface area contributed by atoms with Crippen LogP contribution >= 0.6 is 0 Å². The smallest absolute Gasteiger partial charge is 0.269 e. The molecule has 0 saturated carbocycles. The topological polar surface area (TPSA) is 366 Å². The molecular formula is C42H84N8O12. The van der Waals surface area contributed by atoms with E-state index in [1.54, 1.807) is 0 Å².